The molecule has 96 valence electrons. The molecule has 0 aliphatic carbocycles. The Bertz CT molecular complexity index is 376. The molecule has 0 spiro atoms. The first-order valence-corrected chi connectivity index (χ1v) is 7.30. The van der Waals surface area contributed by atoms with E-state index < -0.39 is 0 Å². The lowest BCUT2D eigenvalue weighted by Crippen LogP contribution is -2.61. The third-order valence-electron chi connectivity index (χ3n) is 3.78. The number of nitrogens with one attached hydrogen (secondary N) is 1. The van der Waals surface area contributed by atoms with Crippen molar-refractivity contribution in [2.75, 3.05) is 13.1 Å². The quantitative estimate of drug-likeness (QED) is 0.896. The number of aryl methyl sites for hydroxylation is 1. The SMILES string of the molecule is CCC1(C)CN(Cc2nc(C)cs2)C(C)CN1. The van der Waals surface area contributed by atoms with Gasteiger partial charge in [-0.05, 0) is 27.2 Å². The number of rotatable bonds is 3. The van der Waals surface area contributed by atoms with E-state index in [2.05, 4.69) is 48.3 Å². The summed E-state index contributed by atoms with van der Waals surface area (Å²) in [4.78, 5) is 7.12. The molecule has 1 N–H and O–H groups in total. The van der Waals surface area contributed by atoms with Gasteiger partial charge >= 0.3 is 0 Å². The second kappa shape index (κ2) is 5.04. The second-order valence-electron chi connectivity index (χ2n) is 5.43. The van der Waals surface area contributed by atoms with Crippen molar-refractivity contribution >= 4 is 11.3 Å². The van der Waals surface area contributed by atoms with Gasteiger partial charge in [-0.1, -0.05) is 6.92 Å². The van der Waals surface area contributed by atoms with Gasteiger partial charge in [0.15, 0.2) is 0 Å². The first-order valence-electron chi connectivity index (χ1n) is 6.42. The van der Waals surface area contributed by atoms with Gasteiger partial charge in [-0.2, -0.15) is 0 Å². The molecule has 1 aliphatic rings. The van der Waals surface area contributed by atoms with Gasteiger partial charge in [0.2, 0.25) is 0 Å². The Morgan fingerprint density at radius 1 is 1.65 bits per heavy atom. The molecule has 1 fully saturated rings. The fourth-order valence-corrected chi connectivity index (χ4v) is 3.08. The molecule has 1 aromatic heterocycles. The van der Waals surface area contributed by atoms with Crippen molar-refractivity contribution in [1.29, 1.82) is 0 Å². The maximum absolute atomic E-state index is 4.57. The highest BCUT2D eigenvalue weighted by atomic mass is 32.1. The van der Waals surface area contributed by atoms with Crippen LogP contribution in [0.3, 0.4) is 0 Å². The summed E-state index contributed by atoms with van der Waals surface area (Å²) >= 11 is 1.78. The van der Waals surface area contributed by atoms with Crippen LogP contribution in [0, 0.1) is 6.92 Å². The number of hydrogen-bond donors (Lipinski definition) is 1. The largest absolute Gasteiger partial charge is 0.309 e. The minimum Gasteiger partial charge on any atom is -0.309 e. The molecule has 17 heavy (non-hydrogen) atoms. The van der Waals surface area contributed by atoms with E-state index in [-0.39, 0.29) is 5.54 Å². The average Bonchev–Trinajstić information content (AvgIpc) is 2.70. The highest BCUT2D eigenvalue weighted by Gasteiger charge is 2.32. The Labute approximate surface area is 108 Å². The van der Waals surface area contributed by atoms with Crippen molar-refractivity contribution in [2.24, 2.45) is 0 Å². The lowest BCUT2D eigenvalue weighted by Gasteiger charge is -2.44. The van der Waals surface area contributed by atoms with E-state index in [1.54, 1.807) is 11.3 Å². The van der Waals surface area contributed by atoms with Crippen LogP contribution in [0.4, 0.5) is 0 Å². The van der Waals surface area contributed by atoms with E-state index in [4.69, 9.17) is 0 Å². The highest BCUT2D eigenvalue weighted by molar-refractivity contribution is 7.09. The van der Waals surface area contributed by atoms with E-state index in [1.165, 1.54) is 11.4 Å². The fraction of sp³-hybridized carbons (Fsp3) is 0.769. The van der Waals surface area contributed by atoms with Gasteiger partial charge in [0.1, 0.15) is 5.01 Å². The third kappa shape index (κ3) is 3.06. The molecule has 2 rings (SSSR count). The zero-order valence-electron chi connectivity index (χ0n) is 11.3. The number of aromatic nitrogens is 1. The van der Waals surface area contributed by atoms with Crippen LogP contribution in [0.1, 0.15) is 37.9 Å². The van der Waals surface area contributed by atoms with Crippen LogP contribution in [0.15, 0.2) is 5.38 Å². The summed E-state index contributed by atoms with van der Waals surface area (Å²) in [7, 11) is 0. The maximum Gasteiger partial charge on any atom is 0.107 e. The van der Waals surface area contributed by atoms with Crippen LogP contribution in [-0.2, 0) is 6.54 Å². The lowest BCUT2D eigenvalue weighted by molar-refractivity contribution is 0.0865. The molecule has 0 radical (unpaired) electrons. The minimum atomic E-state index is 0.263. The lowest BCUT2D eigenvalue weighted by atomic mass is 9.94. The van der Waals surface area contributed by atoms with Gasteiger partial charge in [0.05, 0.1) is 6.54 Å². The molecule has 1 aromatic rings. The number of nitrogens with zero attached hydrogens (tertiary/aromatic N) is 2. The Balaban J connectivity index is 2.03. The summed E-state index contributed by atoms with van der Waals surface area (Å²) < 4.78 is 0. The Kier molecular flexibility index (Phi) is 3.85. The van der Waals surface area contributed by atoms with Gasteiger partial charge in [-0.15, -0.1) is 11.3 Å². The normalized spacial score (nSPS) is 30.7. The maximum atomic E-state index is 4.57. The first-order chi connectivity index (χ1) is 8.02. The molecule has 2 unspecified atom stereocenters. The van der Waals surface area contributed by atoms with Gasteiger partial charge < -0.3 is 5.32 Å². The standard InChI is InChI=1S/C13H23N3S/c1-5-13(4)9-16(11(3)6-14-13)7-12-15-10(2)8-17-12/h8,11,14H,5-7,9H2,1-4H3. The second-order valence-corrected chi connectivity index (χ2v) is 6.37. The first kappa shape index (κ1) is 13.0. The Hall–Kier alpha value is -0.450. The zero-order chi connectivity index (χ0) is 12.5. The molecule has 1 saturated heterocycles. The minimum absolute atomic E-state index is 0.263. The van der Waals surface area contributed by atoms with E-state index in [9.17, 15) is 0 Å². The Morgan fingerprint density at radius 2 is 2.41 bits per heavy atom. The van der Waals surface area contributed by atoms with E-state index in [1.807, 2.05) is 0 Å². The summed E-state index contributed by atoms with van der Waals surface area (Å²) in [6.07, 6.45) is 1.17. The summed E-state index contributed by atoms with van der Waals surface area (Å²) in [6.45, 7) is 12.1. The van der Waals surface area contributed by atoms with E-state index >= 15 is 0 Å². The molecule has 4 heteroatoms. The van der Waals surface area contributed by atoms with Crippen molar-refractivity contribution < 1.29 is 0 Å². The predicted octanol–water partition coefficient (Wildman–Crippen LogP) is 2.41. The van der Waals surface area contributed by atoms with Crippen molar-refractivity contribution in [3.63, 3.8) is 0 Å². The monoisotopic (exact) mass is 253 g/mol. The van der Waals surface area contributed by atoms with Gasteiger partial charge in [0.25, 0.3) is 0 Å². The van der Waals surface area contributed by atoms with Crippen LogP contribution in [0.2, 0.25) is 0 Å². The van der Waals surface area contributed by atoms with Crippen molar-refractivity contribution in [2.45, 2.75) is 52.2 Å². The molecular formula is C13H23N3S. The molecule has 2 atom stereocenters. The van der Waals surface area contributed by atoms with Crippen molar-refractivity contribution in [1.82, 2.24) is 15.2 Å². The summed E-state index contributed by atoms with van der Waals surface area (Å²) in [5.41, 5.74) is 1.41. The molecule has 1 aliphatic heterocycles. The van der Waals surface area contributed by atoms with Crippen molar-refractivity contribution in [3.8, 4) is 0 Å². The van der Waals surface area contributed by atoms with Crippen molar-refractivity contribution in [3.05, 3.63) is 16.1 Å². The topological polar surface area (TPSA) is 28.2 Å². The molecule has 0 aromatic carbocycles. The summed E-state index contributed by atoms with van der Waals surface area (Å²) in [5.74, 6) is 0. The zero-order valence-corrected chi connectivity index (χ0v) is 12.1. The van der Waals surface area contributed by atoms with E-state index in [0.29, 0.717) is 6.04 Å². The van der Waals surface area contributed by atoms with Crippen LogP contribution in [0.5, 0.6) is 0 Å². The fourth-order valence-electron chi connectivity index (χ4n) is 2.28. The Morgan fingerprint density at radius 3 is 3.00 bits per heavy atom. The van der Waals surface area contributed by atoms with Crippen LogP contribution in [0.25, 0.3) is 0 Å². The summed E-state index contributed by atoms with van der Waals surface area (Å²) in [5, 5.41) is 7.04. The van der Waals surface area contributed by atoms with Crippen LogP contribution < -0.4 is 5.32 Å². The summed E-state index contributed by atoms with van der Waals surface area (Å²) in [6, 6.07) is 0.596. The van der Waals surface area contributed by atoms with Gasteiger partial charge in [-0.25, -0.2) is 4.98 Å². The van der Waals surface area contributed by atoms with Crippen LogP contribution in [-0.4, -0.2) is 34.6 Å². The van der Waals surface area contributed by atoms with E-state index in [0.717, 1.165) is 25.3 Å². The third-order valence-corrected chi connectivity index (χ3v) is 4.74. The molecule has 0 bridgehead atoms. The molecular weight excluding hydrogens is 230 g/mol. The average molecular weight is 253 g/mol. The molecule has 2 heterocycles. The number of thiazole rings is 1. The van der Waals surface area contributed by atoms with Crippen LogP contribution >= 0.6 is 11.3 Å². The molecule has 0 amide bonds. The predicted molar refractivity (Wildman–Crippen MR) is 73.4 cm³/mol. The molecule has 0 saturated carbocycles. The highest BCUT2D eigenvalue weighted by Crippen LogP contribution is 2.21. The van der Waals surface area contributed by atoms with Gasteiger partial charge in [-0.3, -0.25) is 4.90 Å². The molecule has 3 nitrogen and oxygen atoms in total. The van der Waals surface area contributed by atoms with Gasteiger partial charge in [0, 0.05) is 35.7 Å². The number of hydrogen-bond acceptors (Lipinski definition) is 4. The smallest absolute Gasteiger partial charge is 0.107 e. The number of piperazine rings is 1.